The molecule has 0 bridgehead atoms. The number of aryl methyl sites for hydroxylation is 1. The van der Waals surface area contributed by atoms with Crippen LogP contribution < -0.4 is 9.62 Å². The molecule has 7 heteroatoms. The van der Waals surface area contributed by atoms with Crippen molar-refractivity contribution in [2.75, 3.05) is 18.5 Å². The number of para-hydroxylation sites is 1. The highest BCUT2D eigenvalue weighted by Gasteiger charge is 2.27. The lowest BCUT2D eigenvalue weighted by atomic mass is 10.0. The number of sulfonamides is 1. The van der Waals surface area contributed by atoms with E-state index in [1.54, 1.807) is 4.90 Å². The van der Waals surface area contributed by atoms with Gasteiger partial charge >= 0.3 is 0 Å². The van der Waals surface area contributed by atoms with Crippen LogP contribution in [-0.2, 0) is 16.4 Å². The van der Waals surface area contributed by atoms with E-state index < -0.39 is 10.0 Å². The Bertz CT molecular complexity index is 810. The van der Waals surface area contributed by atoms with Crippen LogP contribution in [0.15, 0.2) is 45.9 Å². The standard InChI is InChI=1S/C15H16N2O4S/c1-16-22(19,20)14-9-8-13(21-14)15(18)17-10-4-6-11-5-2-3-7-12(11)17/h2-3,5,7-9,16H,4,6,10H2,1H3. The minimum absolute atomic E-state index is 0.0190. The van der Waals surface area contributed by atoms with E-state index in [1.807, 2.05) is 24.3 Å². The third-order valence-corrected chi connectivity index (χ3v) is 4.97. The average Bonchev–Trinajstić information content (AvgIpc) is 3.04. The molecule has 6 nitrogen and oxygen atoms in total. The number of amides is 1. The summed E-state index contributed by atoms with van der Waals surface area (Å²) < 4.78 is 30.7. The summed E-state index contributed by atoms with van der Waals surface area (Å²) in [5.74, 6) is -0.310. The van der Waals surface area contributed by atoms with Crippen molar-refractivity contribution in [1.82, 2.24) is 4.72 Å². The van der Waals surface area contributed by atoms with Gasteiger partial charge in [-0.15, -0.1) is 0 Å². The summed E-state index contributed by atoms with van der Waals surface area (Å²) in [5, 5.41) is -0.261. The zero-order chi connectivity index (χ0) is 15.7. The number of carbonyl (C=O) groups is 1. The lowest BCUT2D eigenvalue weighted by Gasteiger charge is -2.28. The quantitative estimate of drug-likeness (QED) is 0.935. The molecule has 1 aliphatic rings. The summed E-state index contributed by atoms with van der Waals surface area (Å²) in [6.45, 7) is 0.588. The zero-order valence-corrected chi connectivity index (χ0v) is 12.9. The molecule has 0 saturated carbocycles. The summed E-state index contributed by atoms with van der Waals surface area (Å²) in [6, 6.07) is 10.4. The van der Waals surface area contributed by atoms with Gasteiger partial charge in [0.1, 0.15) is 0 Å². The van der Waals surface area contributed by atoms with E-state index in [2.05, 4.69) is 4.72 Å². The number of nitrogens with zero attached hydrogens (tertiary/aromatic N) is 1. The molecule has 2 aromatic rings. The Balaban J connectivity index is 1.93. The van der Waals surface area contributed by atoms with Gasteiger partial charge in [-0.05, 0) is 43.7 Å². The Morgan fingerprint density at radius 1 is 1.23 bits per heavy atom. The molecule has 2 heterocycles. The number of rotatable bonds is 3. The van der Waals surface area contributed by atoms with Gasteiger partial charge in [0, 0.05) is 12.2 Å². The van der Waals surface area contributed by atoms with Crippen LogP contribution in [0.3, 0.4) is 0 Å². The molecule has 1 aromatic heterocycles. The third-order valence-electron chi connectivity index (χ3n) is 3.68. The molecule has 22 heavy (non-hydrogen) atoms. The predicted molar refractivity (Wildman–Crippen MR) is 81.4 cm³/mol. The van der Waals surface area contributed by atoms with Crippen LogP contribution >= 0.6 is 0 Å². The zero-order valence-electron chi connectivity index (χ0n) is 12.1. The normalized spacial score (nSPS) is 14.7. The lowest BCUT2D eigenvalue weighted by molar-refractivity contribution is 0.0953. The SMILES string of the molecule is CNS(=O)(=O)c1ccc(C(=O)N2CCCc3ccccc32)o1. The van der Waals surface area contributed by atoms with E-state index in [9.17, 15) is 13.2 Å². The van der Waals surface area contributed by atoms with Crippen LogP contribution in [0.2, 0.25) is 0 Å². The first-order chi connectivity index (χ1) is 10.5. The van der Waals surface area contributed by atoms with Crippen molar-refractivity contribution in [3.8, 4) is 0 Å². The fourth-order valence-corrected chi connectivity index (χ4v) is 3.21. The minimum Gasteiger partial charge on any atom is -0.438 e. The maximum atomic E-state index is 12.6. The first kappa shape index (κ1) is 14.8. The number of carbonyl (C=O) groups excluding carboxylic acids is 1. The first-order valence-electron chi connectivity index (χ1n) is 6.96. The predicted octanol–water partition coefficient (Wildman–Crippen LogP) is 1.78. The van der Waals surface area contributed by atoms with Crippen LogP contribution in [0, 0.1) is 0 Å². The maximum absolute atomic E-state index is 12.6. The van der Waals surface area contributed by atoms with Crippen molar-refractivity contribution in [3.63, 3.8) is 0 Å². The van der Waals surface area contributed by atoms with Crippen LogP contribution in [0.5, 0.6) is 0 Å². The fourth-order valence-electron chi connectivity index (χ4n) is 2.56. The van der Waals surface area contributed by atoms with Crippen LogP contribution in [0.4, 0.5) is 5.69 Å². The molecule has 0 saturated heterocycles. The van der Waals surface area contributed by atoms with Gasteiger partial charge in [0.15, 0.2) is 5.76 Å². The molecule has 0 aliphatic carbocycles. The Morgan fingerprint density at radius 3 is 2.77 bits per heavy atom. The molecule has 1 aliphatic heterocycles. The molecule has 1 amide bonds. The van der Waals surface area contributed by atoms with Gasteiger partial charge in [0.25, 0.3) is 15.9 Å². The smallest absolute Gasteiger partial charge is 0.294 e. The highest BCUT2D eigenvalue weighted by atomic mass is 32.2. The molecule has 1 N–H and O–H groups in total. The van der Waals surface area contributed by atoms with Crippen molar-refractivity contribution in [2.45, 2.75) is 17.9 Å². The molecule has 3 rings (SSSR count). The summed E-state index contributed by atoms with van der Waals surface area (Å²) in [4.78, 5) is 14.2. The van der Waals surface area contributed by atoms with Crippen molar-refractivity contribution in [1.29, 1.82) is 0 Å². The monoisotopic (exact) mass is 320 g/mol. The van der Waals surface area contributed by atoms with E-state index in [0.29, 0.717) is 6.54 Å². The van der Waals surface area contributed by atoms with Gasteiger partial charge in [0.05, 0.1) is 0 Å². The van der Waals surface area contributed by atoms with Crippen LogP contribution in [0.25, 0.3) is 0 Å². The van der Waals surface area contributed by atoms with Crippen molar-refractivity contribution in [2.24, 2.45) is 0 Å². The topological polar surface area (TPSA) is 79.6 Å². The molecular weight excluding hydrogens is 304 g/mol. The lowest BCUT2D eigenvalue weighted by Crippen LogP contribution is -2.35. The van der Waals surface area contributed by atoms with Crippen LogP contribution in [0.1, 0.15) is 22.5 Å². The Morgan fingerprint density at radius 2 is 2.00 bits per heavy atom. The Labute approximate surface area is 128 Å². The summed E-state index contributed by atoms with van der Waals surface area (Å²) in [7, 11) is -2.40. The van der Waals surface area contributed by atoms with Gasteiger partial charge in [-0.2, -0.15) is 0 Å². The molecular formula is C15H16N2O4S. The highest BCUT2D eigenvalue weighted by molar-refractivity contribution is 7.89. The molecule has 1 aromatic carbocycles. The molecule has 0 radical (unpaired) electrons. The van der Waals surface area contributed by atoms with E-state index in [4.69, 9.17) is 4.42 Å². The molecule has 116 valence electrons. The maximum Gasteiger partial charge on any atom is 0.294 e. The fraction of sp³-hybridized carbons (Fsp3) is 0.267. The average molecular weight is 320 g/mol. The van der Waals surface area contributed by atoms with Gasteiger partial charge < -0.3 is 9.32 Å². The van der Waals surface area contributed by atoms with Gasteiger partial charge in [-0.1, -0.05) is 18.2 Å². The van der Waals surface area contributed by atoms with Crippen molar-refractivity contribution in [3.05, 3.63) is 47.7 Å². The summed E-state index contributed by atoms with van der Waals surface area (Å²) in [6.07, 6.45) is 1.79. The number of anilines is 1. The van der Waals surface area contributed by atoms with E-state index in [1.165, 1.54) is 19.2 Å². The van der Waals surface area contributed by atoms with E-state index in [-0.39, 0.29) is 16.8 Å². The number of furan rings is 1. The second kappa shape index (κ2) is 5.58. The molecule has 0 atom stereocenters. The third kappa shape index (κ3) is 2.53. The van der Waals surface area contributed by atoms with E-state index >= 15 is 0 Å². The number of fused-ring (bicyclic) bond motifs is 1. The summed E-state index contributed by atoms with van der Waals surface area (Å²) >= 11 is 0. The first-order valence-corrected chi connectivity index (χ1v) is 8.44. The Hall–Kier alpha value is -2.12. The number of hydrogen-bond donors (Lipinski definition) is 1. The second-order valence-electron chi connectivity index (χ2n) is 5.02. The number of nitrogens with one attached hydrogen (secondary N) is 1. The van der Waals surface area contributed by atoms with Crippen LogP contribution in [-0.4, -0.2) is 27.9 Å². The summed E-state index contributed by atoms with van der Waals surface area (Å²) in [5.41, 5.74) is 1.96. The Kier molecular flexibility index (Phi) is 3.76. The van der Waals surface area contributed by atoms with E-state index in [0.717, 1.165) is 24.1 Å². The van der Waals surface area contributed by atoms with Crippen molar-refractivity contribution >= 4 is 21.6 Å². The molecule has 0 fully saturated rings. The minimum atomic E-state index is -3.69. The largest absolute Gasteiger partial charge is 0.438 e. The van der Waals surface area contributed by atoms with Gasteiger partial charge in [0.2, 0.25) is 5.09 Å². The molecule has 0 unspecified atom stereocenters. The van der Waals surface area contributed by atoms with Gasteiger partial charge in [-0.25, -0.2) is 13.1 Å². The number of benzene rings is 1. The molecule has 0 spiro atoms. The highest BCUT2D eigenvalue weighted by Crippen LogP contribution is 2.28. The number of hydrogen-bond acceptors (Lipinski definition) is 4. The van der Waals surface area contributed by atoms with Gasteiger partial charge in [-0.3, -0.25) is 4.79 Å². The van der Waals surface area contributed by atoms with Crippen molar-refractivity contribution < 1.29 is 17.6 Å². The second-order valence-corrected chi connectivity index (χ2v) is 6.83.